The Bertz CT molecular complexity index is 1370. The minimum Gasteiger partial charge on any atom is -0.497 e. The second-order valence-electron chi connectivity index (χ2n) is 9.89. The summed E-state index contributed by atoms with van der Waals surface area (Å²) in [5.74, 6) is 1.40. The standard InChI is InChI=1S/C26H31N7O2/c1-26(2,3)33-24(28-29-30-33)23(32-14-12-31(13-15-32)19-8-6-5-7-9-19)21-17-18-16-20(35-4)10-11-22(18)27-25(21)34/h5-11,16-17,23H,12-15H2,1-4H3,(H,27,34)/t23-/m0/s1. The van der Waals surface area contributed by atoms with Crippen molar-refractivity contribution in [2.75, 3.05) is 38.2 Å². The van der Waals surface area contributed by atoms with Gasteiger partial charge in [0.05, 0.1) is 12.6 Å². The smallest absolute Gasteiger partial charge is 0.253 e. The summed E-state index contributed by atoms with van der Waals surface area (Å²) in [4.78, 5) is 21.2. The number of nitrogens with zero attached hydrogens (tertiary/aromatic N) is 6. The van der Waals surface area contributed by atoms with Crippen LogP contribution in [0.2, 0.25) is 0 Å². The Hall–Kier alpha value is -3.72. The molecule has 0 aliphatic carbocycles. The molecule has 1 atom stereocenters. The van der Waals surface area contributed by atoms with E-state index in [9.17, 15) is 4.79 Å². The van der Waals surface area contributed by atoms with Crippen LogP contribution < -0.4 is 15.2 Å². The Morgan fingerprint density at radius 3 is 2.43 bits per heavy atom. The Morgan fingerprint density at radius 1 is 1.00 bits per heavy atom. The van der Waals surface area contributed by atoms with E-state index in [-0.39, 0.29) is 17.1 Å². The van der Waals surface area contributed by atoms with Gasteiger partial charge in [0.15, 0.2) is 5.82 Å². The number of aromatic nitrogens is 5. The van der Waals surface area contributed by atoms with E-state index in [2.05, 4.69) is 75.3 Å². The van der Waals surface area contributed by atoms with Gasteiger partial charge in [-0.15, -0.1) is 5.10 Å². The zero-order chi connectivity index (χ0) is 24.6. The second kappa shape index (κ2) is 9.14. The first-order valence-corrected chi connectivity index (χ1v) is 11.9. The van der Waals surface area contributed by atoms with Crippen molar-refractivity contribution in [1.29, 1.82) is 0 Å². The molecule has 1 aliphatic heterocycles. The highest BCUT2D eigenvalue weighted by molar-refractivity contribution is 5.80. The van der Waals surface area contributed by atoms with Crippen LogP contribution in [0.1, 0.15) is 38.2 Å². The first-order valence-electron chi connectivity index (χ1n) is 11.9. The highest BCUT2D eigenvalue weighted by Crippen LogP contribution is 2.31. The highest BCUT2D eigenvalue weighted by atomic mass is 16.5. The van der Waals surface area contributed by atoms with E-state index >= 15 is 0 Å². The normalized spacial score (nSPS) is 15.9. The molecule has 0 bridgehead atoms. The van der Waals surface area contributed by atoms with Crippen LogP contribution in [-0.2, 0) is 5.54 Å². The molecular weight excluding hydrogens is 442 g/mol. The fraction of sp³-hybridized carbons (Fsp3) is 0.385. The third-order valence-electron chi connectivity index (χ3n) is 6.55. The molecule has 0 radical (unpaired) electrons. The summed E-state index contributed by atoms with van der Waals surface area (Å²) in [6.45, 7) is 9.42. The lowest BCUT2D eigenvalue weighted by Crippen LogP contribution is -2.49. The second-order valence-corrected chi connectivity index (χ2v) is 9.89. The maximum absolute atomic E-state index is 13.4. The molecule has 1 saturated heterocycles. The van der Waals surface area contributed by atoms with Gasteiger partial charge >= 0.3 is 0 Å². The first kappa shape index (κ1) is 23.0. The van der Waals surface area contributed by atoms with E-state index in [0.29, 0.717) is 11.4 Å². The van der Waals surface area contributed by atoms with Crippen LogP contribution in [0.25, 0.3) is 10.9 Å². The number of H-pyrrole nitrogens is 1. The van der Waals surface area contributed by atoms with E-state index in [1.165, 1.54) is 5.69 Å². The molecule has 9 heteroatoms. The minimum atomic E-state index is -0.388. The largest absolute Gasteiger partial charge is 0.497 e. The molecule has 0 saturated carbocycles. The van der Waals surface area contributed by atoms with Crippen molar-refractivity contribution in [3.05, 3.63) is 76.3 Å². The third-order valence-corrected chi connectivity index (χ3v) is 6.55. The molecule has 2 aromatic carbocycles. The number of piperazine rings is 1. The molecular formula is C26H31N7O2. The Kier molecular flexibility index (Phi) is 6.02. The summed E-state index contributed by atoms with van der Waals surface area (Å²) in [5, 5.41) is 13.6. The van der Waals surface area contributed by atoms with Crippen molar-refractivity contribution in [2.45, 2.75) is 32.4 Å². The number of tetrazole rings is 1. The number of anilines is 1. The van der Waals surface area contributed by atoms with Crippen LogP contribution in [0.5, 0.6) is 5.75 Å². The lowest BCUT2D eigenvalue weighted by Gasteiger charge is -2.40. The number of nitrogens with one attached hydrogen (secondary N) is 1. The molecule has 4 aromatic rings. The lowest BCUT2D eigenvalue weighted by atomic mass is 10.0. The molecule has 0 unspecified atom stereocenters. The molecule has 35 heavy (non-hydrogen) atoms. The Morgan fingerprint density at radius 2 is 1.74 bits per heavy atom. The molecule has 3 heterocycles. The summed E-state index contributed by atoms with van der Waals surface area (Å²) in [6.07, 6.45) is 0. The van der Waals surface area contributed by atoms with E-state index in [1.54, 1.807) is 7.11 Å². The summed E-state index contributed by atoms with van der Waals surface area (Å²) in [7, 11) is 1.64. The monoisotopic (exact) mass is 473 g/mol. The number of para-hydroxylation sites is 1. The van der Waals surface area contributed by atoms with Gasteiger partial charge in [-0.1, -0.05) is 18.2 Å². The summed E-state index contributed by atoms with van der Waals surface area (Å²) < 4.78 is 7.24. The zero-order valence-corrected chi connectivity index (χ0v) is 20.6. The zero-order valence-electron chi connectivity index (χ0n) is 20.6. The minimum absolute atomic E-state index is 0.137. The van der Waals surface area contributed by atoms with Crippen molar-refractivity contribution in [1.82, 2.24) is 30.1 Å². The predicted octanol–water partition coefficient (Wildman–Crippen LogP) is 3.19. The van der Waals surface area contributed by atoms with E-state index in [1.807, 2.05) is 35.0 Å². The number of rotatable bonds is 5. The molecule has 2 aromatic heterocycles. The number of hydrogen-bond acceptors (Lipinski definition) is 7. The number of hydrogen-bond donors (Lipinski definition) is 1. The predicted molar refractivity (Wildman–Crippen MR) is 136 cm³/mol. The van der Waals surface area contributed by atoms with Crippen LogP contribution >= 0.6 is 0 Å². The average molecular weight is 474 g/mol. The first-order chi connectivity index (χ1) is 16.8. The van der Waals surface area contributed by atoms with Crippen molar-refractivity contribution in [2.24, 2.45) is 0 Å². The van der Waals surface area contributed by atoms with E-state index in [4.69, 9.17) is 4.74 Å². The molecule has 0 spiro atoms. The highest BCUT2D eigenvalue weighted by Gasteiger charge is 2.35. The summed E-state index contributed by atoms with van der Waals surface area (Å²) >= 11 is 0. The SMILES string of the molecule is COc1ccc2[nH]c(=O)c([C@@H](c3nnnn3C(C)(C)C)N3CCN(c4ccccc4)CC3)cc2c1. The molecule has 5 rings (SSSR count). The molecule has 9 nitrogen and oxygen atoms in total. The number of methoxy groups -OCH3 is 1. The van der Waals surface area contributed by atoms with Gasteiger partial charge in [0.2, 0.25) is 0 Å². The lowest BCUT2D eigenvalue weighted by molar-refractivity contribution is 0.190. The van der Waals surface area contributed by atoms with Gasteiger partial charge in [-0.3, -0.25) is 9.69 Å². The van der Waals surface area contributed by atoms with Crippen molar-refractivity contribution < 1.29 is 4.74 Å². The maximum Gasteiger partial charge on any atom is 0.253 e. The molecule has 1 fully saturated rings. The fourth-order valence-electron chi connectivity index (χ4n) is 4.75. The molecule has 0 amide bonds. The molecule has 182 valence electrons. The van der Waals surface area contributed by atoms with Gasteiger partial charge in [-0.2, -0.15) is 0 Å². The van der Waals surface area contributed by atoms with Crippen LogP contribution in [-0.4, -0.2) is 63.4 Å². The Balaban J connectivity index is 1.57. The van der Waals surface area contributed by atoms with Crippen LogP contribution in [0.4, 0.5) is 5.69 Å². The van der Waals surface area contributed by atoms with Gasteiger partial charge in [0.25, 0.3) is 5.56 Å². The van der Waals surface area contributed by atoms with Gasteiger partial charge in [0.1, 0.15) is 11.8 Å². The number of pyridine rings is 1. The van der Waals surface area contributed by atoms with Crippen LogP contribution in [0.3, 0.4) is 0 Å². The van der Waals surface area contributed by atoms with E-state index in [0.717, 1.165) is 42.8 Å². The van der Waals surface area contributed by atoms with Gasteiger partial charge in [-0.25, -0.2) is 4.68 Å². The topological polar surface area (TPSA) is 92.2 Å². The fourth-order valence-corrected chi connectivity index (χ4v) is 4.75. The number of benzene rings is 2. The number of ether oxygens (including phenoxy) is 1. The van der Waals surface area contributed by atoms with Gasteiger partial charge in [0, 0.05) is 48.3 Å². The molecule has 1 aliphatic rings. The average Bonchev–Trinajstić information content (AvgIpc) is 3.35. The summed E-state index contributed by atoms with van der Waals surface area (Å²) in [5.41, 5.74) is 2.12. The summed E-state index contributed by atoms with van der Waals surface area (Å²) in [6, 6.07) is 17.6. The van der Waals surface area contributed by atoms with Crippen molar-refractivity contribution >= 4 is 16.6 Å². The Labute approximate surface area is 204 Å². The van der Waals surface area contributed by atoms with Gasteiger partial charge < -0.3 is 14.6 Å². The van der Waals surface area contributed by atoms with Gasteiger partial charge in [-0.05, 0) is 67.6 Å². The van der Waals surface area contributed by atoms with Crippen molar-refractivity contribution in [3.63, 3.8) is 0 Å². The van der Waals surface area contributed by atoms with Crippen LogP contribution in [0, 0.1) is 0 Å². The van der Waals surface area contributed by atoms with Crippen molar-refractivity contribution in [3.8, 4) is 5.75 Å². The maximum atomic E-state index is 13.4. The third kappa shape index (κ3) is 4.51. The number of fused-ring (bicyclic) bond motifs is 1. The van der Waals surface area contributed by atoms with Crippen LogP contribution in [0.15, 0.2) is 59.4 Å². The molecule has 1 N–H and O–H groups in total. The number of aromatic amines is 1. The van der Waals surface area contributed by atoms with E-state index < -0.39 is 0 Å². The quantitative estimate of drug-likeness (QED) is 0.476.